The van der Waals surface area contributed by atoms with Gasteiger partial charge in [-0.3, -0.25) is 4.79 Å². The average molecular weight is 187 g/mol. The Morgan fingerprint density at radius 3 is 3.00 bits per heavy atom. The maximum Gasteiger partial charge on any atom is 0.323 e. The molecule has 1 aliphatic rings. The molecule has 1 rings (SSSR count). The van der Waals surface area contributed by atoms with Crippen LogP contribution < -0.4 is 5.32 Å². The van der Waals surface area contributed by atoms with Crippen molar-refractivity contribution in [1.82, 2.24) is 5.32 Å². The van der Waals surface area contributed by atoms with Crippen molar-refractivity contribution < 1.29 is 14.3 Å². The molecule has 1 saturated heterocycles. The van der Waals surface area contributed by atoms with Gasteiger partial charge in [-0.05, 0) is 26.3 Å². The van der Waals surface area contributed by atoms with Crippen LogP contribution >= 0.6 is 0 Å². The predicted molar refractivity (Wildman–Crippen MR) is 48.5 cm³/mol. The third-order valence-corrected chi connectivity index (χ3v) is 2.06. The second-order valence-electron chi connectivity index (χ2n) is 3.35. The first kappa shape index (κ1) is 10.5. The van der Waals surface area contributed by atoms with Crippen molar-refractivity contribution in [1.29, 1.82) is 0 Å². The minimum Gasteiger partial charge on any atom is -0.459 e. The molecule has 76 valence electrons. The summed E-state index contributed by atoms with van der Waals surface area (Å²) in [7, 11) is 1.60. The van der Waals surface area contributed by atoms with Crippen LogP contribution in [0.3, 0.4) is 0 Å². The molecular formula is C9H17NO3. The third kappa shape index (κ3) is 3.32. The number of hydrogen-bond donors (Lipinski definition) is 1. The van der Waals surface area contributed by atoms with Crippen LogP contribution in [0.15, 0.2) is 0 Å². The highest BCUT2D eigenvalue weighted by atomic mass is 16.6. The van der Waals surface area contributed by atoms with Gasteiger partial charge in [-0.2, -0.15) is 0 Å². The Labute approximate surface area is 78.6 Å². The van der Waals surface area contributed by atoms with Gasteiger partial charge in [0.25, 0.3) is 0 Å². The molecule has 1 heterocycles. The van der Waals surface area contributed by atoms with Gasteiger partial charge in [0.05, 0.1) is 6.61 Å². The van der Waals surface area contributed by atoms with Crippen molar-refractivity contribution in [2.45, 2.75) is 31.9 Å². The Kier molecular flexibility index (Phi) is 4.18. The highest BCUT2D eigenvalue weighted by molar-refractivity contribution is 5.76. The Bertz CT molecular complexity index is 166. The number of nitrogens with one attached hydrogen (secondary N) is 1. The maximum absolute atomic E-state index is 11.4. The van der Waals surface area contributed by atoms with Crippen LogP contribution in [-0.4, -0.2) is 38.4 Å². The molecule has 0 radical (unpaired) electrons. The van der Waals surface area contributed by atoms with Gasteiger partial charge in [0.2, 0.25) is 0 Å². The molecule has 1 N–H and O–H groups in total. The number of hydrogen-bond acceptors (Lipinski definition) is 4. The van der Waals surface area contributed by atoms with E-state index in [1.807, 2.05) is 6.92 Å². The van der Waals surface area contributed by atoms with E-state index in [-0.39, 0.29) is 18.1 Å². The summed E-state index contributed by atoms with van der Waals surface area (Å²) in [4.78, 5) is 11.4. The van der Waals surface area contributed by atoms with Crippen molar-refractivity contribution in [2.75, 3.05) is 20.3 Å². The van der Waals surface area contributed by atoms with Crippen LogP contribution in [0.5, 0.6) is 0 Å². The molecule has 0 amide bonds. The number of methoxy groups -OCH3 is 1. The molecule has 0 aliphatic carbocycles. The molecule has 13 heavy (non-hydrogen) atoms. The fourth-order valence-electron chi connectivity index (χ4n) is 1.43. The fraction of sp³-hybridized carbons (Fsp3) is 0.889. The molecule has 0 aromatic carbocycles. The summed E-state index contributed by atoms with van der Waals surface area (Å²) in [6, 6.07) is -0.0979. The minimum absolute atomic E-state index is 0.0979. The van der Waals surface area contributed by atoms with Crippen LogP contribution in [0.4, 0.5) is 0 Å². The van der Waals surface area contributed by atoms with Gasteiger partial charge in [-0.1, -0.05) is 0 Å². The summed E-state index contributed by atoms with van der Waals surface area (Å²) in [5.74, 6) is -0.151. The second-order valence-corrected chi connectivity index (χ2v) is 3.35. The van der Waals surface area contributed by atoms with E-state index in [1.165, 1.54) is 0 Å². The smallest absolute Gasteiger partial charge is 0.323 e. The van der Waals surface area contributed by atoms with E-state index in [9.17, 15) is 4.79 Å². The van der Waals surface area contributed by atoms with Crippen molar-refractivity contribution in [3.63, 3.8) is 0 Å². The summed E-state index contributed by atoms with van der Waals surface area (Å²) in [6.07, 6.45) is 1.79. The Morgan fingerprint density at radius 2 is 2.46 bits per heavy atom. The van der Waals surface area contributed by atoms with E-state index < -0.39 is 0 Å². The Hall–Kier alpha value is -0.610. The third-order valence-electron chi connectivity index (χ3n) is 2.06. The van der Waals surface area contributed by atoms with Gasteiger partial charge >= 0.3 is 5.97 Å². The molecule has 0 aromatic heterocycles. The number of carbonyl (C=O) groups is 1. The fourth-order valence-corrected chi connectivity index (χ4v) is 1.43. The second kappa shape index (κ2) is 5.19. The lowest BCUT2D eigenvalue weighted by Crippen LogP contribution is -2.35. The van der Waals surface area contributed by atoms with Crippen LogP contribution in [0, 0.1) is 0 Å². The summed E-state index contributed by atoms with van der Waals surface area (Å²) in [6.45, 7) is 3.20. The van der Waals surface area contributed by atoms with Crippen LogP contribution in [0.25, 0.3) is 0 Å². The quantitative estimate of drug-likeness (QED) is 0.644. The highest BCUT2D eigenvalue weighted by Crippen LogP contribution is 2.07. The minimum atomic E-state index is -0.153. The molecule has 4 heteroatoms. The topological polar surface area (TPSA) is 47.6 Å². The molecule has 0 bridgehead atoms. The van der Waals surface area contributed by atoms with Gasteiger partial charge in [0, 0.05) is 7.11 Å². The van der Waals surface area contributed by atoms with E-state index in [4.69, 9.17) is 9.47 Å². The highest BCUT2D eigenvalue weighted by Gasteiger charge is 2.24. The first-order chi connectivity index (χ1) is 6.24. The van der Waals surface area contributed by atoms with Gasteiger partial charge in [0.15, 0.2) is 0 Å². The zero-order valence-corrected chi connectivity index (χ0v) is 8.21. The Morgan fingerprint density at radius 1 is 1.69 bits per heavy atom. The monoisotopic (exact) mass is 187 g/mol. The first-order valence-electron chi connectivity index (χ1n) is 4.67. The molecule has 2 unspecified atom stereocenters. The molecule has 0 aromatic rings. The molecule has 1 aliphatic heterocycles. The lowest BCUT2D eigenvalue weighted by atomic mass is 10.2. The first-order valence-corrected chi connectivity index (χ1v) is 4.67. The Balaban J connectivity index is 2.23. The normalized spacial score (nSPS) is 24.3. The number of rotatable bonds is 4. The van der Waals surface area contributed by atoms with Crippen LogP contribution in [-0.2, 0) is 14.3 Å². The summed E-state index contributed by atoms with van der Waals surface area (Å²) < 4.78 is 10.0. The number of ether oxygens (including phenoxy) is 2. The van der Waals surface area contributed by atoms with Gasteiger partial charge in [0.1, 0.15) is 12.1 Å². The van der Waals surface area contributed by atoms with E-state index in [0.717, 1.165) is 19.4 Å². The zero-order valence-electron chi connectivity index (χ0n) is 8.21. The largest absolute Gasteiger partial charge is 0.459 e. The summed E-state index contributed by atoms with van der Waals surface area (Å²) in [5.41, 5.74) is 0. The molecule has 2 atom stereocenters. The summed E-state index contributed by atoms with van der Waals surface area (Å²) >= 11 is 0. The van der Waals surface area contributed by atoms with E-state index >= 15 is 0 Å². The lowest BCUT2D eigenvalue weighted by molar-refractivity contribution is -0.152. The van der Waals surface area contributed by atoms with E-state index in [2.05, 4.69) is 5.32 Å². The standard InChI is InChI=1S/C9H17NO3/c1-7(6-12-2)13-9(11)8-4-3-5-10-8/h7-8,10H,3-6H2,1-2H3. The predicted octanol–water partition coefficient (Wildman–Crippen LogP) is 0.317. The summed E-state index contributed by atoms with van der Waals surface area (Å²) in [5, 5.41) is 3.09. The van der Waals surface area contributed by atoms with Crippen molar-refractivity contribution in [2.24, 2.45) is 0 Å². The molecule has 0 spiro atoms. The van der Waals surface area contributed by atoms with Gasteiger partial charge in [-0.25, -0.2) is 0 Å². The molecular weight excluding hydrogens is 170 g/mol. The molecule has 0 saturated carbocycles. The van der Waals surface area contributed by atoms with Crippen LogP contribution in [0.2, 0.25) is 0 Å². The van der Waals surface area contributed by atoms with E-state index in [1.54, 1.807) is 7.11 Å². The number of esters is 1. The van der Waals surface area contributed by atoms with Crippen molar-refractivity contribution in [3.8, 4) is 0 Å². The maximum atomic E-state index is 11.4. The van der Waals surface area contributed by atoms with Crippen LogP contribution in [0.1, 0.15) is 19.8 Å². The average Bonchev–Trinajstić information content (AvgIpc) is 2.55. The van der Waals surface area contributed by atoms with Gasteiger partial charge < -0.3 is 14.8 Å². The van der Waals surface area contributed by atoms with E-state index in [0.29, 0.717) is 6.61 Å². The lowest BCUT2D eigenvalue weighted by Gasteiger charge is -2.15. The number of carbonyl (C=O) groups excluding carboxylic acids is 1. The van der Waals surface area contributed by atoms with Crippen molar-refractivity contribution in [3.05, 3.63) is 0 Å². The zero-order chi connectivity index (χ0) is 9.68. The molecule has 1 fully saturated rings. The SMILES string of the molecule is COCC(C)OC(=O)C1CCCN1. The molecule has 4 nitrogen and oxygen atoms in total. The van der Waals surface area contributed by atoms with Crippen molar-refractivity contribution >= 4 is 5.97 Å². The van der Waals surface area contributed by atoms with Gasteiger partial charge in [-0.15, -0.1) is 0 Å².